The third kappa shape index (κ3) is 5.63. The molecule has 9 nitrogen and oxygen atoms in total. The molecule has 1 aromatic heterocycles. The van der Waals surface area contributed by atoms with Gasteiger partial charge < -0.3 is 15.7 Å². The van der Waals surface area contributed by atoms with Gasteiger partial charge in [-0.2, -0.15) is 5.26 Å². The minimum Gasteiger partial charge on any atom is -0.383 e. The van der Waals surface area contributed by atoms with E-state index >= 15 is 0 Å². The zero-order valence-corrected chi connectivity index (χ0v) is 22.8. The first-order valence-corrected chi connectivity index (χ1v) is 13.3. The third-order valence-corrected chi connectivity index (χ3v) is 7.76. The van der Waals surface area contributed by atoms with E-state index < -0.39 is 78.1 Å². The number of rotatable bonds is 7. The largest absolute Gasteiger partial charge is 0.383 e. The number of nitriles is 1. The predicted molar refractivity (Wildman–Crippen MR) is 145 cm³/mol. The summed E-state index contributed by atoms with van der Waals surface area (Å²) in [7, 11) is 0. The molecule has 3 atom stereocenters. The van der Waals surface area contributed by atoms with Crippen molar-refractivity contribution in [1.29, 1.82) is 5.26 Å². The van der Waals surface area contributed by atoms with E-state index in [2.05, 4.69) is 15.6 Å². The van der Waals surface area contributed by atoms with Crippen LogP contribution in [0.1, 0.15) is 36.3 Å². The number of aliphatic hydroxyl groups is 1. The average Bonchev–Trinajstić information content (AvgIpc) is 3.19. The molecule has 0 radical (unpaired) electrons. The van der Waals surface area contributed by atoms with Gasteiger partial charge in [0.1, 0.15) is 29.1 Å². The molecule has 1 saturated heterocycles. The highest BCUT2D eigenvalue weighted by Gasteiger charge is 2.64. The normalized spacial score (nSPS) is 21.9. The number of carbonyl (C=O) groups is 3. The van der Waals surface area contributed by atoms with E-state index in [9.17, 15) is 42.3 Å². The maximum absolute atomic E-state index is 14.4. The Hall–Kier alpha value is -4.54. The summed E-state index contributed by atoms with van der Waals surface area (Å²) in [5.74, 6) is -10.4. The molecule has 1 aliphatic carbocycles. The van der Waals surface area contributed by atoms with E-state index in [0.29, 0.717) is 6.07 Å². The van der Waals surface area contributed by atoms with Crippen LogP contribution in [0, 0.1) is 23.0 Å². The van der Waals surface area contributed by atoms with Crippen LogP contribution in [0.2, 0.25) is 5.02 Å². The fourth-order valence-electron chi connectivity index (χ4n) is 5.56. The SMILES string of the molecule is N#Cc1ccnc(N2C(=O)C(O)CC2(C(=O)Nc2cc(F)cc(F)c2)[C@@H](C(=O)NC2CC(F)(F)C2)c2ccccc2Cl)c1. The predicted octanol–water partition coefficient (Wildman–Crippen LogP) is 4.06. The second kappa shape index (κ2) is 11.3. The molecule has 3 aromatic rings. The third-order valence-electron chi connectivity index (χ3n) is 7.42. The lowest BCUT2D eigenvalue weighted by atomic mass is 9.74. The van der Waals surface area contributed by atoms with Crippen molar-refractivity contribution in [1.82, 2.24) is 10.3 Å². The Labute approximate surface area is 247 Å². The summed E-state index contributed by atoms with van der Waals surface area (Å²) in [6.45, 7) is 0. The van der Waals surface area contributed by atoms with Gasteiger partial charge in [-0.25, -0.2) is 22.5 Å². The zero-order valence-electron chi connectivity index (χ0n) is 22.0. The summed E-state index contributed by atoms with van der Waals surface area (Å²) < 4.78 is 55.5. The van der Waals surface area contributed by atoms with Crippen molar-refractivity contribution >= 4 is 40.8 Å². The standard InChI is InChI=1S/C29H22ClF4N5O4/c30-21-4-2-1-3-20(21)24(25(41)37-19-11-28(33,34)12-19)29(27(43)38-18-9-16(31)8-17(32)10-18)13-22(40)26(42)39(29)23-7-15(14-35)5-6-36-23/h1-10,19,22,24,40H,11-13H2,(H,37,41)(H,38,43)/t22?,24-,29?/m1/s1. The van der Waals surface area contributed by atoms with E-state index in [1.807, 2.05) is 6.07 Å². The van der Waals surface area contributed by atoms with Crippen LogP contribution < -0.4 is 15.5 Å². The van der Waals surface area contributed by atoms with Gasteiger partial charge in [0.15, 0.2) is 0 Å². The molecule has 0 spiro atoms. The lowest BCUT2D eigenvalue weighted by Gasteiger charge is -2.43. The molecule has 2 heterocycles. The van der Waals surface area contributed by atoms with E-state index in [0.717, 1.165) is 29.3 Å². The number of carbonyl (C=O) groups excluding carboxylic acids is 3. The highest BCUT2D eigenvalue weighted by Crippen LogP contribution is 2.48. The van der Waals surface area contributed by atoms with E-state index in [4.69, 9.17) is 11.6 Å². The second-order valence-corrected chi connectivity index (χ2v) is 10.8. The summed E-state index contributed by atoms with van der Waals surface area (Å²) >= 11 is 6.50. The fourth-order valence-corrected chi connectivity index (χ4v) is 5.80. The number of benzene rings is 2. The van der Waals surface area contributed by atoms with Gasteiger partial charge in [0.25, 0.3) is 17.7 Å². The smallest absolute Gasteiger partial charge is 0.258 e. The van der Waals surface area contributed by atoms with Gasteiger partial charge in [0, 0.05) is 48.3 Å². The lowest BCUT2D eigenvalue weighted by molar-refractivity contribution is -0.136. The number of aliphatic hydroxyl groups excluding tert-OH is 1. The van der Waals surface area contributed by atoms with Crippen LogP contribution in [0.5, 0.6) is 0 Å². The molecule has 1 saturated carbocycles. The molecule has 2 aromatic carbocycles. The Bertz CT molecular complexity index is 1640. The van der Waals surface area contributed by atoms with Crippen molar-refractivity contribution in [3.05, 3.63) is 88.6 Å². The van der Waals surface area contributed by atoms with Gasteiger partial charge in [-0.3, -0.25) is 19.3 Å². The summed E-state index contributed by atoms with van der Waals surface area (Å²) in [5, 5.41) is 25.2. The molecule has 1 aliphatic heterocycles. The van der Waals surface area contributed by atoms with Crippen LogP contribution in [-0.2, 0) is 14.4 Å². The van der Waals surface area contributed by atoms with Crippen molar-refractivity contribution in [2.24, 2.45) is 0 Å². The quantitative estimate of drug-likeness (QED) is 0.343. The minimum absolute atomic E-state index is 0.0103. The molecule has 0 bridgehead atoms. The molecule has 3 amide bonds. The van der Waals surface area contributed by atoms with Crippen LogP contribution in [0.25, 0.3) is 0 Å². The maximum atomic E-state index is 14.4. The fraction of sp³-hybridized carbons (Fsp3) is 0.276. The van der Waals surface area contributed by atoms with Crippen molar-refractivity contribution in [2.45, 2.75) is 48.8 Å². The Morgan fingerprint density at radius 1 is 1.09 bits per heavy atom. The molecule has 222 valence electrons. The van der Waals surface area contributed by atoms with E-state index in [-0.39, 0.29) is 27.7 Å². The number of amides is 3. The minimum atomic E-state index is -3.01. The molecular weight excluding hydrogens is 594 g/mol. The molecule has 14 heteroatoms. The Morgan fingerprint density at radius 3 is 2.40 bits per heavy atom. The van der Waals surface area contributed by atoms with Gasteiger partial charge in [0.05, 0.1) is 17.6 Å². The van der Waals surface area contributed by atoms with Crippen LogP contribution in [-0.4, -0.2) is 51.4 Å². The molecular formula is C29H22ClF4N5O4. The van der Waals surface area contributed by atoms with Crippen molar-refractivity contribution < 1.29 is 37.1 Å². The van der Waals surface area contributed by atoms with Gasteiger partial charge in [-0.05, 0) is 35.9 Å². The summed E-state index contributed by atoms with van der Waals surface area (Å²) in [6, 6.07) is 11.3. The molecule has 2 fully saturated rings. The first-order valence-electron chi connectivity index (χ1n) is 12.9. The van der Waals surface area contributed by atoms with E-state index in [1.54, 1.807) is 0 Å². The molecule has 43 heavy (non-hydrogen) atoms. The monoisotopic (exact) mass is 615 g/mol. The molecule has 2 unspecified atom stereocenters. The molecule has 3 N–H and O–H groups in total. The zero-order chi connectivity index (χ0) is 31.1. The Balaban J connectivity index is 1.73. The number of aromatic nitrogens is 1. The van der Waals surface area contributed by atoms with Crippen molar-refractivity contribution in [3.63, 3.8) is 0 Å². The number of alkyl halides is 2. The van der Waals surface area contributed by atoms with Crippen LogP contribution in [0.4, 0.5) is 29.1 Å². The maximum Gasteiger partial charge on any atom is 0.258 e. The van der Waals surface area contributed by atoms with Gasteiger partial charge >= 0.3 is 0 Å². The number of anilines is 2. The summed E-state index contributed by atoms with van der Waals surface area (Å²) in [6.07, 6.45) is -2.83. The highest BCUT2D eigenvalue weighted by atomic mass is 35.5. The van der Waals surface area contributed by atoms with Gasteiger partial charge in [-0.15, -0.1) is 0 Å². The average molecular weight is 616 g/mol. The van der Waals surface area contributed by atoms with E-state index in [1.165, 1.54) is 30.3 Å². The van der Waals surface area contributed by atoms with Crippen LogP contribution in [0.3, 0.4) is 0 Å². The van der Waals surface area contributed by atoms with Crippen molar-refractivity contribution in [3.8, 4) is 6.07 Å². The highest BCUT2D eigenvalue weighted by molar-refractivity contribution is 6.32. The van der Waals surface area contributed by atoms with Crippen molar-refractivity contribution in [2.75, 3.05) is 10.2 Å². The number of hydrogen-bond donors (Lipinski definition) is 3. The number of nitrogens with zero attached hydrogens (tertiary/aromatic N) is 3. The van der Waals surface area contributed by atoms with Crippen LogP contribution >= 0.6 is 11.6 Å². The Morgan fingerprint density at radius 2 is 1.77 bits per heavy atom. The lowest BCUT2D eigenvalue weighted by Crippen LogP contribution is -2.63. The number of halogens is 5. The first kappa shape index (κ1) is 29.9. The number of nitrogens with one attached hydrogen (secondary N) is 2. The second-order valence-electron chi connectivity index (χ2n) is 10.4. The molecule has 5 rings (SSSR count). The summed E-state index contributed by atoms with van der Waals surface area (Å²) in [5.41, 5.74) is -2.83. The Kier molecular flexibility index (Phi) is 7.85. The van der Waals surface area contributed by atoms with Gasteiger partial charge in [-0.1, -0.05) is 29.8 Å². The topological polar surface area (TPSA) is 135 Å². The molecule has 2 aliphatic rings. The first-order chi connectivity index (χ1) is 20.3. The number of pyridine rings is 1. The summed E-state index contributed by atoms with van der Waals surface area (Å²) in [4.78, 5) is 46.9. The van der Waals surface area contributed by atoms with Crippen LogP contribution in [0.15, 0.2) is 60.8 Å². The number of hydrogen-bond acceptors (Lipinski definition) is 6. The van der Waals surface area contributed by atoms with Gasteiger partial charge in [0.2, 0.25) is 5.91 Å².